The summed E-state index contributed by atoms with van der Waals surface area (Å²) >= 11 is 0. The number of Topliss-reactive ketones (excluding diaryl/α,β-unsaturated/α-hetero) is 1. The molecular formula is C18H15NO5. The predicted molar refractivity (Wildman–Crippen MR) is 86.2 cm³/mol. The fourth-order valence-electron chi connectivity index (χ4n) is 2.52. The van der Waals surface area contributed by atoms with E-state index >= 15 is 0 Å². The maximum Gasteiger partial charge on any atom is 0.338 e. The van der Waals surface area contributed by atoms with Crippen LogP contribution in [0.1, 0.15) is 39.1 Å². The Morgan fingerprint density at radius 1 is 1.17 bits per heavy atom. The van der Waals surface area contributed by atoms with E-state index in [1.807, 2.05) is 0 Å². The molecule has 0 unspecified atom stereocenters. The van der Waals surface area contributed by atoms with Crippen molar-refractivity contribution in [2.75, 3.05) is 11.9 Å². The summed E-state index contributed by atoms with van der Waals surface area (Å²) in [7, 11) is 0. The highest BCUT2D eigenvalue weighted by Crippen LogP contribution is 2.32. The molecule has 2 aromatic rings. The number of aromatic hydroxyl groups is 1. The summed E-state index contributed by atoms with van der Waals surface area (Å²) in [6.45, 7) is 1.35. The summed E-state index contributed by atoms with van der Waals surface area (Å²) in [4.78, 5) is 35.7. The number of hydrogen-bond acceptors (Lipinski definition) is 5. The molecule has 0 aliphatic carbocycles. The zero-order valence-electron chi connectivity index (χ0n) is 12.9. The molecule has 0 saturated heterocycles. The van der Waals surface area contributed by atoms with Gasteiger partial charge in [0.1, 0.15) is 5.75 Å². The van der Waals surface area contributed by atoms with Crippen LogP contribution in [0, 0.1) is 0 Å². The number of fused-ring (bicyclic) bond motifs is 1. The number of rotatable bonds is 4. The van der Waals surface area contributed by atoms with E-state index in [2.05, 4.69) is 5.32 Å². The van der Waals surface area contributed by atoms with Crippen LogP contribution >= 0.6 is 0 Å². The smallest absolute Gasteiger partial charge is 0.338 e. The zero-order valence-corrected chi connectivity index (χ0v) is 12.9. The van der Waals surface area contributed by atoms with Crippen LogP contribution in [0.15, 0.2) is 42.5 Å². The molecule has 0 radical (unpaired) electrons. The number of ether oxygens (including phenoxy) is 1. The minimum atomic E-state index is -0.689. The maximum atomic E-state index is 12.2. The molecule has 122 valence electrons. The first-order chi connectivity index (χ1) is 11.5. The molecule has 1 heterocycles. The molecule has 24 heavy (non-hydrogen) atoms. The standard InChI is InChI=1S/C18H15NO5/c1-10-14-8-11(5-6-15(14)19-17(10)22)16(21)9-24-18(23)12-3-2-4-13(20)7-12/h2-8,10,20H,9H2,1H3,(H,19,22)/t10-/m0/s1. The van der Waals surface area contributed by atoms with Crippen molar-refractivity contribution in [1.29, 1.82) is 0 Å². The van der Waals surface area contributed by atoms with Gasteiger partial charge >= 0.3 is 5.97 Å². The van der Waals surface area contributed by atoms with Crippen molar-refractivity contribution in [2.45, 2.75) is 12.8 Å². The normalized spacial score (nSPS) is 15.5. The molecule has 6 heteroatoms. The van der Waals surface area contributed by atoms with Gasteiger partial charge in [-0.2, -0.15) is 0 Å². The molecular weight excluding hydrogens is 310 g/mol. The number of amides is 1. The summed E-state index contributed by atoms with van der Waals surface area (Å²) < 4.78 is 4.98. The Kier molecular flexibility index (Phi) is 4.04. The molecule has 6 nitrogen and oxygen atoms in total. The van der Waals surface area contributed by atoms with Crippen LogP contribution < -0.4 is 5.32 Å². The number of carbonyl (C=O) groups is 3. The third kappa shape index (κ3) is 2.99. The Morgan fingerprint density at radius 2 is 1.96 bits per heavy atom. The van der Waals surface area contributed by atoms with E-state index in [1.165, 1.54) is 24.3 Å². The number of hydrogen-bond donors (Lipinski definition) is 2. The number of carbonyl (C=O) groups excluding carboxylic acids is 3. The van der Waals surface area contributed by atoms with Crippen LogP contribution in [0.5, 0.6) is 5.75 Å². The highest BCUT2D eigenvalue weighted by atomic mass is 16.5. The first-order valence-electron chi connectivity index (χ1n) is 7.40. The second-order valence-corrected chi connectivity index (χ2v) is 5.56. The van der Waals surface area contributed by atoms with Crippen molar-refractivity contribution in [2.24, 2.45) is 0 Å². The predicted octanol–water partition coefficient (Wildman–Crippen LogP) is 2.49. The fraction of sp³-hybridized carbons (Fsp3) is 0.167. The van der Waals surface area contributed by atoms with E-state index in [0.29, 0.717) is 11.3 Å². The van der Waals surface area contributed by atoms with Crippen LogP contribution in [0.3, 0.4) is 0 Å². The number of nitrogens with one attached hydrogen (secondary N) is 1. The summed E-state index contributed by atoms with van der Waals surface area (Å²) in [6, 6.07) is 10.6. The quantitative estimate of drug-likeness (QED) is 0.665. The maximum absolute atomic E-state index is 12.2. The number of phenols is 1. The van der Waals surface area contributed by atoms with Crippen LogP contribution in [-0.2, 0) is 9.53 Å². The van der Waals surface area contributed by atoms with E-state index < -0.39 is 12.6 Å². The van der Waals surface area contributed by atoms with Crippen molar-refractivity contribution >= 4 is 23.3 Å². The van der Waals surface area contributed by atoms with Gasteiger partial charge in [-0.05, 0) is 48.9 Å². The topological polar surface area (TPSA) is 92.7 Å². The lowest BCUT2D eigenvalue weighted by Gasteiger charge is -2.07. The molecule has 2 N–H and O–H groups in total. The number of esters is 1. The van der Waals surface area contributed by atoms with Crippen molar-refractivity contribution in [3.8, 4) is 5.75 Å². The molecule has 0 bridgehead atoms. The average molecular weight is 325 g/mol. The van der Waals surface area contributed by atoms with Gasteiger partial charge in [0.15, 0.2) is 12.4 Å². The lowest BCUT2D eigenvalue weighted by molar-refractivity contribution is -0.116. The van der Waals surface area contributed by atoms with E-state index in [0.717, 1.165) is 5.56 Å². The third-order valence-corrected chi connectivity index (χ3v) is 3.91. The minimum Gasteiger partial charge on any atom is -0.508 e. The lowest BCUT2D eigenvalue weighted by atomic mass is 9.99. The largest absolute Gasteiger partial charge is 0.508 e. The molecule has 1 aliphatic heterocycles. The summed E-state index contributed by atoms with van der Waals surface area (Å²) in [5.41, 5.74) is 1.99. The Labute approximate surface area is 138 Å². The highest BCUT2D eigenvalue weighted by molar-refractivity contribution is 6.05. The number of ketones is 1. The van der Waals surface area contributed by atoms with Crippen molar-refractivity contribution in [3.63, 3.8) is 0 Å². The van der Waals surface area contributed by atoms with Crippen molar-refractivity contribution in [1.82, 2.24) is 0 Å². The fourth-order valence-corrected chi connectivity index (χ4v) is 2.52. The lowest BCUT2D eigenvalue weighted by Crippen LogP contribution is -2.14. The summed E-state index contributed by atoms with van der Waals surface area (Å²) in [6.07, 6.45) is 0. The van der Waals surface area contributed by atoms with Gasteiger partial charge in [-0.25, -0.2) is 4.79 Å². The van der Waals surface area contributed by atoms with Gasteiger partial charge in [-0.3, -0.25) is 9.59 Å². The number of benzene rings is 2. The highest BCUT2D eigenvalue weighted by Gasteiger charge is 2.27. The van der Waals surface area contributed by atoms with E-state index in [9.17, 15) is 19.5 Å². The Morgan fingerprint density at radius 3 is 2.71 bits per heavy atom. The van der Waals surface area contributed by atoms with Crippen LogP contribution in [-0.4, -0.2) is 29.4 Å². The molecule has 1 aliphatic rings. The van der Waals surface area contributed by atoms with Crippen LogP contribution in [0.4, 0.5) is 5.69 Å². The molecule has 1 amide bonds. The molecule has 3 rings (SSSR count). The van der Waals surface area contributed by atoms with Crippen LogP contribution in [0.25, 0.3) is 0 Å². The van der Waals surface area contributed by atoms with Crippen molar-refractivity contribution < 1.29 is 24.2 Å². The molecule has 2 aromatic carbocycles. The Balaban J connectivity index is 1.68. The monoisotopic (exact) mass is 325 g/mol. The second kappa shape index (κ2) is 6.16. The van der Waals surface area contributed by atoms with E-state index in [1.54, 1.807) is 25.1 Å². The van der Waals surface area contributed by atoms with Crippen molar-refractivity contribution in [3.05, 3.63) is 59.2 Å². The van der Waals surface area contributed by atoms with E-state index in [4.69, 9.17) is 4.74 Å². The molecule has 0 fully saturated rings. The minimum absolute atomic E-state index is 0.0550. The average Bonchev–Trinajstić information content (AvgIpc) is 2.86. The molecule has 1 atom stereocenters. The summed E-state index contributed by atoms with van der Waals surface area (Å²) in [5, 5.41) is 12.1. The third-order valence-electron chi connectivity index (χ3n) is 3.91. The second-order valence-electron chi connectivity index (χ2n) is 5.56. The van der Waals surface area contributed by atoms with Gasteiger partial charge in [0.25, 0.3) is 0 Å². The van der Waals surface area contributed by atoms with E-state index in [-0.39, 0.29) is 28.9 Å². The molecule has 0 saturated carbocycles. The first-order valence-corrected chi connectivity index (χ1v) is 7.40. The van der Waals surface area contributed by atoms with Gasteiger partial charge in [-0.15, -0.1) is 0 Å². The SMILES string of the molecule is C[C@@H]1C(=O)Nc2ccc(C(=O)COC(=O)c3cccc(O)c3)cc21. The van der Waals surface area contributed by atoms with Crippen LogP contribution in [0.2, 0.25) is 0 Å². The molecule has 0 aromatic heterocycles. The Bertz CT molecular complexity index is 843. The zero-order chi connectivity index (χ0) is 17.3. The van der Waals surface area contributed by atoms with Gasteiger partial charge < -0.3 is 15.2 Å². The molecule has 0 spiro atoms. The van der Waals surface area contributed by atoms with Gasteiger partial charge in [-0.1, -0.05) is 6.07 Å². The van der Waals surface area contributed by atoms with Gasteiger partial charge in [0.2, 0.25) is 5.91 Å². The number of phenolic OH excluding ortho intramolecular Hbond substituents is 1. The summed E-state index contributed by atoms with van der Waals surface area (Å²) in [5.74, 6) is -1.53. The Hall–Kier alpha value is -3.15. The number of anilines is 1. The van der Waals surface area contributed by atoms with Gasteiger partial charge in [0.05, 0.1) is 11.5 Å². The van der Waals surface area contributed by atoms with Gasteiger partial charge in [0, 0.05) is 11.3 Å². The first kappa shape index (κ1) is 15.7.